The van der Waals surface area contributed by atoms with Crippen LogP contribution in [0.3, 0.4) is 0 Å². The molecule has 1 heterocycles. The molecule has 2 aliphatic rings. The maximum absolute atomic E-state index is 13.8. The van der Waals surface area contributed by atoms with Crippen LogP contribution in [0.15, 0.2) is 53.4 Å². The molecule has 0 N–H and O–H groups in total. The van der Waals surface area contributed by atoms with E-state index in [9.17, 15) is 8.42 Å². The van der Waals surface area contributed by atoms with Crippen molar-refractivity contribution in [3.8, 4) is 0 Å². The molecular formula is C23H28ClNO2S. The Morgan fingerprint density at radius 2 is 1.75 bits per heavy atom. The first-order valence-corrected chi connectivity index (χ1v) is 12.2. The van der Waals surface area contributed by atoms with Gasteiger partial charge < -0.3 is 0 Å². The molecule has 2 aromatic carbocycles. The third-order valence-corrected chi connectivity index (χ3v) is 8.70. The van der Waals surface area contributed by atoms with E-state index in [4.69, 9.17) is 11.6 Å². The average Bonchev–Trinajstić information content (AvgIpc) is 3.11. The van der Waals surface area contributed by atoms with E-state index in [0.717, 1.165) is 49.7 Å². The minimum Gasteiger partial charge on any atom is -0.207 e. The second-order valence-corrected chi connectivity index (χ2v) is 10.6. The molecule has 1 aliphatic heterocycles. The van der Waals surface area contributed by atoms with Crippen LogP contribution in [0.2, 0.25) is 0 Å². The van der Waals surface area contributed by atoms with E-state index < -0.39 is 10.0 Å². The maximum atomic E-state index is 13.8. The molecule has 0 bridgehead atoms. The smallest absolute Gasteiger partial charge is 0.207 e. The number of benzene rings is 2. The first kappa shape index (κ1) is 19.9. The van der Waals surface area contributed by atoms with Crippen LogP contribution >= 0.6 is 11.6 Å². The number of hydrogen-bond donors (Lipinski definition) is 0. The van der Waals surface area contributed by atoms with Gasteiger partial charge in [-0.1, -0.05) is 56.2 Å². The first-order valence-electron chi connectivity index (χ1n) is 10.2. The zero-order chi connectivity index (χ0) is 19.8. The molecule has 3 nitrogen and oxygen atoms in total. The zero-order valence-corrected chi connectivity index (χ0v) is 18.0. The fraction of sp³-hybridized carbons (Fsp3) is 0.478. The lowest BCUT2D eigenvalue weighted by Crippen LogP contribution is -2.49. The molecule has 28 heavy (non-hydrogen) atoms. The van der Waals surface area contributed by atoms with Crippen molar-refractivity contribution in [3.05, 3.63) is 65.2 Å². The molecule has 1 aliphatic carbocycles. The lowest BCUT2D eigenvalue weighted by molar-refractivity contribution is 0.169. The minimum absolute atomic E-state index is 0.272. The van der Waals surface area contributed by atoms with Crippen LogP contribution in [-0.4, -0.2) is 24.1 Å². The van der Waals surface area contributed by atoms with Gasteiger partial charge in [-0.05, 0) is 60.4 Å². The standard InChI is InChI=1S/C23H28ClNO2S/c1-18-16-23(13-4-5-14-23)25(17-20-6-2-3-7-22(18)20)28(26,27)21-10-8-19(9-11-21)12-15-24/h2-3,6-11,18H,4-5,12-17H2,1H3. The summed E-state index contributed by atoms with van der Waals surface area (Å²) in [5.74, 6) is 0.899. The minimum atomic E-state index is -3.57. The molecule has 0 saturated heterocycles. The van der Waals surface area contributed by atoms with E-state index in [1.54, 1.807) is 12.1 Å². The van der Waals surface area contributed by atoms with Crippen LogP contribution in [0, 0.1) is 0 Å². The average molecular weight is 418 g/mol. The Morgan fingerprint density at radius 1 is 1.07 bits per heavy atom. The van der Waals surface area contributed by atoms with E-state index in [1.165, 1.54) is 5.56 Å². The summed E-state index contributed by atoms with van der Waals surface area (Å²) in [5.41, 5.74) is 3.23. The molecule has 1 fully saturated rings. The Balaban J connectivity index is 1.78. The van der Waals surface area contributed by atoms with Crippen molar-refractivity contribution in [3.63, 3.8) is 0 Å². The van der Waals surface area contributed by atoms with E-state index in [2.05, 4.69) is 25.1 Å². The Morgan fingerprint density at radius 3 is 2.43 bits per heavy atom. The monoisotopic (exact) mass is 417 g/mol. The van der Waals surface area contributed by atoms with Gasteiger partial charge in [0, 0.05) is 18.0 Å². The number of hydrogen-bond acceptors (Lipinski definition) is 2. The van der Waals surface area contributed by atoms with Gasteiger partial charge in [0.15, 0.2) is 0 Å². The molecule has 2 aromatic rings. The van der Waals surface area contributed by atoms with Crippen molar-refractivity contribution < 1.29 is 8.42 Å². The summed E-state index contributed by atoms with van der Waals surface area (Å²) in [6, 6.07) is 15.6. The number of sulfonamides is 1. The van der Waals surface area contributed by atoms with Crippen LogP contribution < -0.4 is 0 Å². The highest BCUT2D eigenvalue weighted by atomic mass is 35.5. The molecule has 5 heteroatoms. The number of aryl methyl sites for hydroxylation is 1. The molecule has 0 radical (unpaired) electrons. The Hall–Kier alpha value is -1.36. The van der Waals surface area contributed by atoms with Crippen molar-refractivity contribution in [1.29, 1.82) is 0 Å². The van der Waals surface area contributed by atoms with Gasteiger partial charge >= 0.3 is 0 Å². The van der Waals surface area contributed by atoms with Crippen molar-refractivity contribution in [2.45, 2.75) is 68.3 Å². The lowest BCUT2D eigenvalue weighted by Gasteiger charge is -2.40. The van der Waals surface area contributed by atoms with Gasteiger partial charge in [0.2, 0.25) is 10.0 Å². The molecule has 4 rings (SSSR count). The fourth-order valence-corrected chi connectivity index (χ4v) is 7.18. The van der Waals surface area contributed by atoms with Crippen LogP contribution in [0.25, 0.3) is 0 Å². The Bertz CT molecular complexity index is 933. The molecular weight excluding hydrogens is 390 g/mol. The summed E-state index contributed by atoms with van der Waals surface area (Å²) in [6.45, 7) is 2.71. The van der Waals surface area contributed by atoms with Crippen molar-refractivity contribution in [1.82, 2.24) is 4.31 Å². The normalized spacial score (nSPS) is 22.1. The van der Waals surface area contributed by atoms with Crippen LogP contribution in [0.5, 0.6) is 0 Å². The number of nitrogens with zero attached hydrogens (tertiary/aromatic N) is 1. The maximum Gasteiger partial charge on any atom is 0.243 e. The topological polar surface area (TPSA) is 37.4 Å². The van der Waals surface area contributed by atoms with E-state index >= 15 is 0 Å². The molecule has 0 aromatic heterocycles. The van der Waals surface area contributed by atoms with Gasteiger partial charge in [0.25, 0.3) is 0 Å². The summed E-state index contributed by atoms with van der Waals surface area (Å²) in [5, 5.41) is 0. The van der Waals surface area contributed by atoms with Gasteiger partial charge in [0.1, 0.15) is 0 Å². The van der Waals surface area contributed by atoms with Crippen molar-refractivity contribution >= 4 is 21.6 Å². The highest BCUT2D eigenvalue weighted by molar-refractivity contribution is 7.89. The SMILES string of the molecule is CC1CC2(CCCC2)N(S(=O)(=O)c2ccc(CCCl)cc2)Cc2ccccc21. The van der Waals surface area contributed by atoms with Crippen LogP contribution in [0.4, 0.5) is 0 Å². The highest BCUT2D eigenvalue weighted by Gasteiger charge is 2.48. The lowest BCUT2D eigenvalue weighted by atomic mass is 9.84. The van der Waals surface area contributed by atoms with Gasteiger partial charge in [0.05, 0.1) is 4.90 Å². The molecule has 1 saturated carbocycles. The number of halogens is 1. The number of rotatable bonds is 4. The van der Waals surface area contributed by atoms with Gasteiger partial charge in [-0.2, -0.15) is 4.31 Å². The predicted molar refractivity (Wildman–Crippen MR) is 114 cm³/mol. The molecule has 1 unspecified atom stereocenters. The van der Waals surface area contributed by atoms with Crippen molar-refractivity contribution in [2.24, 2.45) is 0 Å². The third-order valence-electron chi connectivity index (χ3n) is 6.54. The summed E-state index contributed by atoms with van der Waals surface area (Å²) in [6.07, 6.45) is 5.76. The van der Waals surface area contributed by atoms with Gasteiger partial charge in [-0.3, -0.25) is 0 Å². The number of fused-ring (bicyclic) bond motifs is 1. The van der Waals surface area contributed by atoms with Gasteiger partial charge in [-0.25, -0.2) is 8.42 Å². The fourth-order valence-electron chi connectivity index (χ4n) is 5.15. The highest BCUT2D eigenvalue weighted by Crippen LogP contribution is 2.48. The van der Waals surface area contributed by atoms with Crippen LogP contribution in [0.1, 0.15) is 61.6 Å². The molecule has 1 atom stereocenters. The summed E-state index contributed by atoms with van der Waals surface area (Å²) in [4.78, 5) is 0.393. The van der Waals surface area contributed by atoms with E-state index in [-0.39, 0.29) is 5.54 Å². The largest absolute Gasteiger partial charge is 0.243 e. The second kappa shape index (κ2) is 7.81. The Kier molecular flexibility index (Phi) is 5.56. The van der Waals surface area contributed by atoms with Crippen molar-refractivity contribution in [2.75, 3.05) is 5.88 Å². The second-order valence-electron chi connectivity index (χ2n) is 8.33. The Labute approximate surface area is 173 Å². The van der Waals surface area contributed by atoms with Gasteiger partial charge in [-0.15, -0.1) is 11.6 Å². The van der Waals surface area contributed by atoms with E-state index in [1.807, 2.05) is 22.5 Å². The predicted octanol–water partition coefficient (Wildman–Crippen LogP) is 5.48. The van der Waals surface area contributed by atoms with Crippen LogP contribution in [-0.2, 0) is 23.0 Å². The first-order chi connectivity index (χ1) is 13.5. The summed E-state index contributed by atoms with van der Waals surface area (Å²) < 4.78 is 29.4. The number of alkyl halides is 1. The molecule has 150 valence electrons. The zero-order valence-electron chi connectivity index (χ0n) is 16.4. The summed E-state index contributed by atoms with van der Waals surface area (Å²) in [7, 11) is -3.57. The summed E-state index contributed by atoms with van der Waals surface area (Å²) >= 11 is 5.82. The third kappa shape index (κ3) is 3.51. The molecule has 1 spiro atoms. The van der Waals surface area contributed by atoms with E-state index in [0.29, 0.717) is 23.2 Å². The molecule has 0 amide bonds. The quantitative estimate of drug-likeness (QED) is 0.617.